The number of carbonyl (C=O) groups excluding carboxylic acids is 2. The molecule has 0 aromatic heterocycles. The van der Waals surface area contributed by atoms with Crippen LogP contribution in [0.3, 0.4) is 0 Å². The summed E-state index contributed by atoms with van der Waals surface area (Å²) in [6.07, 6.45) is 1.72. The third kappa shape index (κ3) is 3.15. The van der Waals surface area contributed by atoms with Crippen LogP contribution < -0.4 is 15.2 Å². The minimum Gasteiger partial charge on any atom is -0.484 e. The summed E-state index contributed by atoms with van der Waals surface area (Å²) >= 11 is 0. The lowest BCUT2D eigenvalue weighted by Gasteiger charge is -2.07. The molecular weight excluding hydrogens is 306 g/mol. The Morgan fingerprint density at radius 3 is 2.75 bits per heavy atom. The van der Waals surface area contributed by atoms with Gasteiger partial charge in [0.25, 0.3) is 5.91 Å². The molecule has 0 radical (unpaired) electrons. The van der Waals surface area contributed by atoms with Gasteiger partial charge in [0.2, 0.25) is 5.78 Å². The van der Waals surface area contributed by atoms with E-state index in [1.165, 1.54) is 0 Å². The zero-order valence-electron chi connectivity index (χ0n) is 13.5. The third-order valence-electron chi connectivity index (χ3n) is 3.66. The Hall–Kier alpha value is -3.08. The van der Waals surface area contributed by atoms with Gasteiger partial charge in [-0.2, -0.15) is 0 Å². The summed E-state index contributed by atoms with van der Waals surface area (Å²) in [5.41, 5.74) is 8.32. The first-order valence-corrected chi connectivity index (χ1v) is 7.50. The standard InChI is InChI=1S/C19H17NO4/c1-11-4-3-5-13(6-11)8-16-19(22)18-12(2)7-14(9-15(18)24-16)23-10-17(20)21/h3-9H,10H2,1-2H3,(H2,20,21)/b16-8-. The monoisotopic (exact) mass is 323 g/mol. The molecule has 0 saturated heterocycles. The minimum atomic E-state index is -0.565. The molecule has 1 heterocycles. The summed E-state index contributed by atoms with van der Waals surface area (Å²) in [4.78, 5) is 23.4. The molecule has 1 amide bonds. The number of allylic oxidation sites excluding steroid dienone is 1. The number of aryl methyl sites for hydroxylation is 2. The molecule has 122 valence electrons. The van der Waals surface area contributed by atoms with E-state index in [2.05, 4.69) is 0 Å². The van der Waals surface area contributed by atoms with Gasteiger partial charge in [-0.1, -0.05) is 29.8 Å². The Balaban J connectivity index is 1.92. The summed E-state index contributed by atoms with van der Waals surface area (Å²) in [7, 11) is 0. The molecule has 0 fully saturated rings. The number of ether oxygens (including phenoxy) is 2. The first kappa shape index (κ1) is 15.8. The molecule has 0 bridgehead atoms. The number of Topliss-reactive ketones (excluding diaryl/α,β-unsaturated/α-hetero) is 1. The minimum absolute atomic E-state index is 0.162. The van der Waals surface area contributed by atoms with Crippen LogP contribution in [0.1, 0.15) is 27.0 Å². The van der Waals surface area contributed by atoms with E-state index >= 15 is 0 Å². The first-order valence-electron chi connectivity index (χ1n) is 7.50. The van der Waals surface area contributed by atoms with Crippen LogP contribution in [0.5, 0.6) is 11.5 Å². The number of amides is 1. The van der Waals surface area contributed by atoms with Crippen molar-refractivity contribution < 1.29 is 19.1 Å². The van der Waals surface area contributed by atoms with E-state index in [0.29, 0.717) is 17.1 Å². The molecular formula is C19H17NO4. The number of nitrogens with two attached hydrogens (primary N) is 1. The van der Waals surface area contributed by atoms with E-state index in [0.717, 1.165) is 16.7 Å². The van der Waals surface area contributed by atoms with Gasteiger partial charge in [0.1, 0.15) is 11.5 Å². The molecule has 0 spiro atoms. The van der Waals surface area contributed by atoms with Crippen molar-refractivity contribution >= 4 is 17.8 Å². The van der Waals surface area contributed by atoms with Crippen LogP contribution in [0.25, 0.3) is 6.08 Å². The number of hydrogen-bond acceptors (Lipinski definition) is 4. The van der Waals surface area contributed by atoms with E-state index < -0.39 is 5.91 Å². The van der Waals surface area contributed by atoms with Crippen molar-refractivity contribution in [3.05, 3.63) is 64.4 Å². The lowest BCUT2D eigenvalue weighted by atomic mass is 10.0. The summed E-state index contributed by atoms with van der Waals surface area (Å²) < 4.78 is 11.0. The number of ketones is 1. The quantitative estimate of drug-likeness (QED) is 0.878. The highest BCUT2D eigenvalue weighted by Gasteiger charge is 2.30. The molecule has 1 aliphatic rings. The number of benzene rings is 2. The Morgan fingerprint density at radius 1 is 1.25 bits per heavy atom. The van der Waals surface area contributed by atoms with Crippen molar-refractivity contribution in [1.82, 2.24) is 0 Å². The van der Waals surface area contributed by atoms with Crippen molar-refractivity contribution in [2.24, 2.45) is 5.73 Å². The number of fused-ring (bicyclic) bond motifs is 1. The molecule has 2 aromatic carbocycles. The molecule has 0 aliphatic carbocycles. The average Bonchev–Trinajstić information content (AvgIpc) is 2.82. The molecule has 0 saturated carbocycles. The summed E-state index contributed by atoms with van der Waals surface area (Å²) in [6, 6.07) is 11.1. The fourth-order valence-corrected chi connectivity index (χ4v) is 2.63. The van der Waals surface area contributed by atoms with Gasteiger partial charge in [-0.25, -0.2) is 0 Å². The van der Waals surface area contributed by atoms with Gasteiger partial charge in [-0.05, 0) is 37.1 Å². The van der Waals surface area contributed by atoms with Crippen molar-refractivity contribution in [3.63, 3.8) is 0 Å². The number of rotatable bonds is 4. The Kier molecular flexibility index (Phi) is 4.08. The van der Waals surface area contributed by atoms with Gasteiger partial charge in [0.05, 0.1) is 5.56 Å². The van der Waals surface area contributed by atoms with Crippen LogP contribution in [-0.2, 0) is 4.79 Å². The van der Waals surface area contributed by atoms with Gasteiger partial charge in [-0.15, -0.1) is 0 Å². The van der Waals surface area contributed by atoms with Gasteiger partial charge < -0.3 is 15.2 Å². The fourth-order valence-electron chi connectivity index (χ4n) is 2.63. The van der Waals surface area contributed by atoms with Gasteiger partial charge in [-0.3, -0.25) is 9.59 Å². The Labute approximate surface area is 139 Å². The molecule has 3 rings (SSSR count). The SMILES string of the molecule is Cc1cccc(/C=C2\Oc3cc(OCC(N)=O)cc(C)c3C2=O)c1. The maximum Gasteiger partial charge on any atom is 0.255 e. The van der Waals surface area contributed by atoms with E-state index in [9.17, 15) is 9.59 Å². The van der Waals surface area contributed by atoms with Crippen LogP contribution in [0.4, 0.5) is 0 Å². The molecule has 5 heteroatoms. The van der Waals surface area contributed by atoms with E-state index in [1.807, 2.05) is 31.2 Å². The smallest absolute Gasteiger partial charge is 0.255 e. The Bertz CT molecular complexity index is 868. The van der Waals surface area contributed by atoms with Gasteiger partial charge in [0.15, 0.2) is 12.4 Å². The first-order chi connectivity index (χ1) is 11.4. The second-order valence-corrected chi connectivity index (χ2v) is 5.72. The highest BCUT2D eigenvalue weighted by atomic mass is 16.5. The highest BCUT2D eigenvalue weighted by molar-refractivity contribution is 6.15. The van der Waals surface area contributed by atoms with Gasteiger partial charge >= 0.3 is 0 Å². The summed E-state index contributed by atoms with van der Waals surface area (Å²) in [5, 5.41) is 0. The zero-order valence-corrected chi connectivity index (χ0v) is 13.5. The highest BCUT2D eigenvalue weighted by Crippen LogP contribution is 2.37. The second kappa shape index (κ2) is 6.20. The third-order valence-corrected chi connectivity index (χ3v) is 3.66. The average molecular weight is 323 g/mol. The molecule has 0 unspecified atom stereocenters. The number of hydrogen-bond donors (Lipinski definition) is 1. The molecule has 2 aromatic rings. The van der Waals surface area contributed by atoms with E-state index in [-0.39, 0.29) is 18.1 Å². The fraction of sp³-hybridized carbons (Fsp3) is 0.158. The topological polar surface area (TPSA) is 78.6 Å². The predicted octanol–water partition coefficient (Wildman–Crippen LogP) is 2.78. The number of primary amides is 1. The molecule has 5 nitrogen and oxygen atoms in total. The lowest BCUT2D eigenvalue weighted by Crippen LogP contribution is -2.20. The van der Waals surface area contributed by atoms with E-state index in [4.69, 9.17) is 15.2 Å². The van der Waals surface area contributed by atoms with Crippen LogP contribution in [0.2, 0.25) is 0 Å². The normalized spacial score (nSPS) is 14.4. The molecule has 0 atom stereocenters. The largest absolute Gasteiger partial charge is 0.484 e. The molecule has 24 heavy (non-hydrogen) atoms. The maximum absolute atomic E-state index is 12.6. The van der Waals surface area contributed by atoms with Crippen molar-refractivity contribution in [1.29, 1.82) is 0 Å². The summed E-state index contributed by atoms with van der Waals surface area (Å²) in [5.74, 6) is 0.411. The van der Waals surface area contributed by atoms with Crippen LogP contribution >= 0.6 is 0 Å². The van der Waals surface area contributed by atoms with Gasteiger partial charge in [0, 0.05) is 6.07 Å². The van der Waals surface area contributed by atoms with Crippen molar-refractivity contribution in [2.45, 2.75) is 13.8 Å². The van der Waals surface area contributed by atoms with Crippen LogP contribution in [-0.4, -0.2) is 18.3 Å². The van der Waals surface area contributed by atoms with Crippen molar-refractivity contribution in [3.8, 4) is 11.5 Å². The lowest BCUT2D eigenvalue weighted by molar-refractivity contribution is -0.119. The van der Waals surface area contributed by atoms with Crippen LogP contribution in [0.15, 0.2) is 42.2 Å². The predicted molar refractivity (Wildman–Crippen MR) is 90.0 cm³/mol. The van der Waals surface area contributed by atoms with Crippen molar-refractivity contribution in [2.75, 3.05) is 6.61 Å². The van der Waals surface area contributed by atoms with Crippen LogP contribution in [0, 0.1) is 13.8 Å². The maximum atomic E-state index is 12.6. The molecule has 2 N–H and O–H groups in total. The second-order valence-electron chi connectivity index (χ2n) is 5.72. The summed E-state index contributed by atoms with van der Waals surface area (Å²) in [6.45, 7) is 3.56. The Morgan fingerprint density at radius 2 is 2.04 bits per heavy atom. The zero-order chi connectivity index (χ0) is 17.3. The van der Waals surface area contributed by atoms with E-state index in [1.54, 1.807) is 25.1 Å². The molecule has 1 aliphatic heterocycles. The number of carbonyl (C=O) groups is 2.